The maximum atomic E-state index is 12.2. The van der Waals surface area contributed by atoms with E-state index in [1.54, 1.807) is 7.05 Å². The third-order valence-electron chi connectivity index (χ3n) is 3.98. The van der Waals surface area contributed by atoms with E-state index in [2.05, 4.69) is 6.92 Å². The molecule has 1 aromatic heterocycles. The van der Waals surface area contributed by atoms with Crippen LogP contribution in [-0.2, 0) is 18.8 Å². The Bertz CT molecular complexity index is 698. The van der Waals surface area contributed by atoms with Crippen LogP contribution in [-0.4, -0.2) is 34.9 Å². The van der Waals surface area contributed by atoms with E-state index in [0.717, 1.165) is 23.8 Å². The average Bonchev–Trinajstić information content (AvgIpc) is 2.54. The summed E-state index contributed by atoms with van der Waals surface area (Å²) in [5, 5.41) is 9.34. The lowest BCUT2D eigenvalue weighted by molar-refractivity contribution is 0.0437. The van der Waals surface area contributed by atoms with Gasteiger partial charge in [0.1, 0.15) is 11.9 Å². The molecular formula is C15H22N4O3. The monoisotopic (exact) mass is 306 g/mol. The van der Waals surface area contributed by atoms with Crippen LogP contribution in [0.1, 0.15) is 31.7 Å². The summed E-state index contributed by atoms with van der Waals surface area (Å²) in [7, 11) is 2.98. The molecule has 0 spiro atoms. The highest BCUT2D eigenvalue weighted by atomic mass is 16.5. The van der Waals surface area contributed by atoms with Crippen LogP contribution >= 0.6 is 0 Å². The molecule has 1 unspecified atom stereocenters. The van der Waals surface area contributed by atoms with E-state index < -0.39 is 11.2 Å². The Labute approximate surface area is 129 Å². The lowest BCUT2D eigenvalue weighted by Gasteiger charge is -2.35. The lowest BCUT2D eigenvalue weighted by atomic mass is 10.1. The van der Waals surface area contributed by atoms with Crippen LogP contribution in [0.25, 0.3) is 0 Å². The van der Waals surface area contributed by atoms with Crippen molar-refractivity contribution in [2.75, 3.05) is 24.6 Å². The van der Waals surface area contributed by atoms with Crippen LogP contribution in [0.4, 0.5) is 5.82 Å². The number of hydrogen-bond acceptors (Lipinski definition) is 5. The van der Waals surface area contributed by atoms with Gasteiger partial charge in [-0.2, -0.15) is 5.26 Å². The Kier molecular flexibility index (Phi) is 5.03. The first-order valence-corrected chi connectivity index (χ1v) is 7.57. The number of ether oxygens (including phenoxy) is 1. The van der Waals surface area contributed by atoms with Gasteiger partial charge in [-0.15, -0.1) is 0 Å². The largest absolute Gasteiger partial charge is 0.376 e. The van der Waals surface area contributed by atoms with Crippen molar-refractivity contribution in [1.82, 2.24) is 9.13 Å². The number of piperidine rings is 1. The summed E-state index contributed by atoms with van der Waals surface area (Å²) in [5.74, 6) is 0.403. The Morgan fingerprint density at radius 2 is 2.05 bits per heavy atom. The average molecular weight is 306 g/mol. The summed E-state index contributed by atoms with van der Waals surface area (Å²) in [6, 6.07) is 1.95. The zero-order valence-electron chi connectivity index (χ0n) is 13.3. The lowest BCUT2D eigenvalue weighted by Crippen LogP contribution is -2.46. The van der Waals surface area contributed by atoms with Crippen molar-refractivity contribution in [1.29, 1.82) is 5.26 Å². The van der Waals surface area contributed by atoms with Gasteiger partial charge in [-0.1, -0.05) is 6.92 Å². The molecule has 1 aliphatic rings. The predicted octanol–water partition coefficient (Wildman–Crippen LogP) is 0.351. The Morgan fingerprint density at radius 1 is 1.32 bits per heavy atom. The zero-order chi connectivity index (χ0) is 16.3. The number of hydrogen-bond donors (Lipinski definition) is 0. The SMILES string of the molecule is CCCOC1CCCN(c2c(C#N)c(=O)n(C)c(=O)n2C)C1. The number of nitriles is 1. The Hall–Kier alpha value is -2.07. The van der Waals surface area contributed by atoms with Crippen molar-refractivity contribution in [2.45, 2.75) is 32.3 Å². The first kappa shape index (κ1) is 16.3. The van der Waals surface area contributed by atoms with E-state index in [0.29, 0.717) is 25.5 Å². The zero-order valence-corrected chi connectivity index (χ0v) is 13.3. The molecule has 0 bridgehead atoms. The molecule has 22 heavy (non-hydrogen) atoms. The number of rotatable bonds is 4. The summed E-state index contributed by atoms with van der Waals surface area (Å²) in [5.41, 5.74) is -0.950. The molecule has 2 heterocycles. The topological polar surface area (TPSA) is 80.3 Å². The maximum Gasteiger partial charge on any atom is 0.332 e. The van der Waals surface area contributed by atoms with Gasteiger partial charge in [0.2, 0.25) is 0 Å². The molecule has 7 heteroatoms. The minimum atomic E-state index is -0.544. The van der Waals surface area contributed by atoms with E-state index >= 15 is 0 Å². The van der Waals surface area contributed by atoms with Gasteiger partial charge in [0.25, 0.3) is 5.56 Å². The van der Waals surface area contributed by atoms with Crippen LogP contribution in [0, 0.1) is 11.3 Å². The van der Waals surface area contributed by atoms with E-state index in [1.807, 2.05) is 11.0 Å². The van der Waals surface area contributed by atoms with Crippen molar-refractivity contribution >= 4 is 5.82 Å². The molecule has 1 aliphatic heterocycles. The summed E-state index contributed by atoms with van der Waals surface area (Å²) in [4.78, 5) is 26.2. The van der Waals surface area contributed by atoms with Crippen molar-refractivity contribution < 1.29 is 4.74 Å². The Morgan fingerprint density at radius 3 is 2.68 bits per heavy atom. The molecule has 0 radical (unpaired) electrons. The molecule has 0 saturated carbocycles. The second-order valence-electron chi connectivity index (χ2n) is 5.60. The third-order valence-corrected chi connectivity index (χ3v) is 3.98. The fourth-order valence-corrected chi connectivity index (χ4v) is 2.85. The van der Waals surface area contributed by atoms with Crippen molar-refractivity contribution in [3.8, 4) is 6.07 Å². The van der Waals surface area contributed by atoms with Crippen LogP contribution < -0.4 is 16.1 Å². The van der Waals surface area contributed by atoms with E-state index in [9.17, 15) is 14.9 Å². The predicted molar refractivity (Wildman–Crippen MR) is 83.1 cm³/mol. The molecule has 0 aliphatic carbocycles. The number of aromatic nitrogens is 2. The molecule has 2 rings (SSSR count). The van der Waals surface area contributed by atoms with Crippen LogP contribution in [0.3, 0.4) is 0 Å². The van der Waals surface area contributed by atoms with Crippen molar-refractivity contribution in [2.24, 2.45) is 14.1 Å². The van der Waals surface area contributed by atoms with E-state index in [4.69, 9.17) is 4.74 Å². The normalized spacial score (nSPS) is 18.3. The highest BCUT2D eigenvalue weighted by Crippen LogP contribution is 2.21. The molecule has 1 saturated heterocycles. The highest BCUT2D eigenvalue weighted by Gasteiger charge is 2.26. The minimum absolute atomic E-state index is 0.0146. The molecule has 1 atom stereocenters. The molecule has 0 N–H and O–H groups in total. The van der Waals surface area contributed by atoms with Crippen LogP contribution in [0.2, 0.25) is 0 Å². The van der Waals surface area contributed by atoms with Crippen LogP contribution in [0.5, 0.6) is 0 Å². The third kappa shape index (κ3) is 2.92. The molecular weight excluding hydrogens is 284 g/mol. The Balaban J connectivity index is 2.42. The molecule has 7 nitrogen and oxygen atoms in total. The quantitative estimate of drug-likeness (QED) is 0.802. The molecule has 1 fully saturated rings. The maximum absolute atomic E-state index is 12.2. The van der Waals surface area contributed by atoms with Gasteiger partial charge in [0.05, 0.1) is 6.10 Å². The minimum Gasteiger partial charge on any atom is -0.376 e. The summed E-state index contributed by atoms with van der Waals surface area (Å²) < 4.78 is 8.13. The summed E-state index contributed by atoms with van der Waals surface area (Å²) in [6.45, 7) is 4.05. The van der Waals surface area contributed by atoms with Crippen molar-refractivity contribution in [3.63, 3.8) is 0 Å². The summed E-state index contributed by atoms with van der Waals surface area (Å²) >= 11 is 0. The van der Waals surface area contributed by atoms with Gasteiger partial charge in [-0.05, 0) is 19.3 Å². The van der Waals surface area contributed by atoms with E-state index in [-0.39, 0.29) is 11.7 Å². The van der Waals surface area contributed by atoms with Gasteiger partial charge >= 0.3 is 5.69 Å². The fraction of sp³-hybridized carbons (Fsp3) is 0.667. The molecule has 1 aromatic rings. The molecule has 0 aromatic carbocycles. The van der Waals surface area contributed by atoms with Gasteiger partial charge in [0.15, 0.2) is 5.56 Å². The second-order valence-corrected chi connectivity index (χ2v) is 5.60. The van der Waals surface area contributed by atoms with Crippen molar-refractivity contribution in [3.05, 3.63) is 26.4 Å². The first-order chi connectivity index (χ1) is 10.5. The highest BCUT2D eigenvalue weighted by molar-refractivity contribution is 5.53. The first-order valence-electron chi connectivity index (χ1n) is 7.57. The van der Waals surface area contributed by atoms with Gasteiger partial charge in [-0.3, -0.25) is 13.9 Å². The fourth-order valence-electron chi connectivity index (χ4n) is 2.85. The van der Waals surface area contributed by atoms with Gasteiger partial charge < -0.3 is 9.64 Å². The van der Waals surface area contributed by atoms with E-state index in [1.165, 1.54) is 11.6 Å². The molecule has 120 valence electrons. The summed E-state index contributed by atoms with van der Waals surface area (Å²) in [6.07, 6.45) is 2.88. The number of anilines is 1. The standard InChI is InChI=1S/C15H22N4O3/c1-4-8-22-11-6-5-7-19(10-11)13-12(9-16)14(20)18(3)15(21)17(13)2/h11H,4-8,10H2,1-3H3. The van der Waals surface area contributed by atoms with Gasteiger partial charge in [0, 0.05) is 33.8 Å². The van der Waals surface area contributed by atoms with Gasteiger partial charge in [-0.25, -0.2) is 4.79 Å². The number of nitrogens with zero attached hydrogens (tertiary/aromatic N) is 4. The second kappa shape index (κ2) is 6.79. The smallest absolute Gasteiger partial charge is 0.332 e. The molecule has 0 amide bonds. The van der Waals surface area contributed by atoms with Crippen LogP contribution in [0.15, 0.2) is 9.59 Å².